The van der Waals surface area contributed by atoms with Crippen LogP contribution < -0.4 is 4.74 Å². The van der Waals surface area contributed by atoms with Crippen LogP contribution in [0.2, 0.25) is 0 Å². The minimum Gasteiger partial charge on any atom is -0.479 e. The maximum absolute atomic E-state index is 14.4. The summed E-state index contributed by atoms with van der Waals surface area (Å²) in [5, 5.41) is 13.6. The number of methoxy groups -OCH3 is 1. The highest BCUT2D eigenvalue weighted by Gasteiger charge is 2.25. The molecule has 0 bridgehead atoms. The van der Waals surface area contributed by atoms with Crippen molar-refractivity contribution in [3.05, 3.63) is 35.5 Å². The van der Waals surface area contributed by atoms with Crippen molar-refractivity contribution >= 4 is 0 Å². The molecule has 5 rings (SSSR count). The highest BCUT2D eigenvalue weighted by Crippen LogP contribution is 2.31. The number of likely N-dealkylation sites (tertiary alicyclic amines) is 1. The van der Waals surface area contributed by atoms with Gasteiger partial charge in [-0.1, -0.05) is 5.21 Å². The molecule has 0 radical (unpaired) electrons. The second-order valence-electron chi connectivity index (χ2n) is 8.56. The monoisotopic (exact) mass is 441 g/mol. The molecule has 170 valence electrons. The van der Waals surface area contributed by atoms with Gasteiger partial charge in [0, 0.05) is 30.3 Å². The molecule has 0 N–H and O–H groups in total. The molecule has 9 nitrogen and oxygen atoms in total. The summed E-state index contributed by atoms with van der Waals surface area (Å²) in [5.41, 5.74) is 3.38. The SMILES string of the molecule is COc1ncc(-c2nn(-c3cn(CC4CCN(C)CC4)nn3)c3c2CCOCC3)cc1F. The number of piperidine rings is 1. The Kier molecular flexibility index (Phi) is 5.88. The van der Waals surface area contributed by atoms with Gasteiger partial charge in [0.15, 0.2) is 11.6 Å². The van der Waals surface area contributed by atoms with Gasteiger partial charge in [0.1, 0.15) is 0 Å². The van der Waals surface area contributed by atoms with Gasteiger partial charge in [-0.3, -0.25) is 0 Å². The van der Waals surface area contributed by atoms with E-state index in [-0.39, 0.29) is 5.88 Å². The number of hydrogen-bond acceptors (Lipinski definition) is 7. The molecule has 0 atom stereocenters. The Morgan fingerprint density at radius 3 is 2.81 bits per heavy atom. The second kappa shape index (κ2) is 8.95. The molecule has 0 unspecified atom stereocenters. The minimum atomic E-state index is -0.512. The zero-order chi connectivity index (χ0) is 22.1. The fraction of sp³-hybridized carbons (Fsp3) is 0.545. The first-order valence-corrected chi connectivity index (χ1v) is 11.1. The Morgan fingerprint density at radius 1 is 1.22 bits per heavy atom. The number of rotatable bonds is 5. The third kappa shape index (κ3) is 4.12. The fourth-order valence-corrected chi connectivity index (χ4v) is 4.56. The molecule has 2 aliphatic heterocycles. The number of pyridine rings is 1. The summed E-state index contributed by atoms with van der Waals surface area (Å²) >= 11 is 0. The van der Waals surface area contributed by atoms with Crippen molar-refractivity contribution in [2.75, 3.05) is 40.5 Å². The maximum Gasteiger partial charge on any atom is 0.250 e. The first-order chi connectivity index (χ1) is 15.6. The molecule has 0 amide bonds. The quantitative estimate of drug-likeness (QED) is 0.600. The van der Waals surface area contributed by atoms with Gasteiger partial charge >= 0.3 is 0 Å². The number of hydrogen-bond donors (Lipinski definition) is 0. The Morgan fingerprint density at radius 2 is 2.03 bits per heavy atom. The summed E-state index contributed by atoms with van der Waals surface area (Å²) in [4.78, 5) is 6.45. The summed E-state index contributed by atoms with van der Waals surface area (Å²) in [6.07, 6.45) is 7.28. The Bertz CT molecular complexity index is 1090. The van der Waals surface area contributed by atoms with Gasteiger partial charge in [-0.05, 0) is 51.4 Å². The van der Waals surface area contributed by atoms with Crippen LogP contribution in [0.5, 0.6) is 5.88 Å². The zero-order valence-corrected chi connectivity index (χ0v) is 18.5. The summed E-state index contributed by atoms with van der Waals surface area (Å²) in [6, 6.07) is 1.42. The third-order valence-corrected chi connectivity index (χ3v) is 6.37. The van der Waals surface area contributed by atoms with Gasteiger partial charge in [0.25, 0.3) is 0 Å². The van der Waals surface area contributed by atoms with Crippen molar-refractivity contribution in [2.24, 2.45) is 5.92 Å². The molecule has 1 fully saturated rings. The smallest absolute Gasteiger partial charge is 0.250 e. The van der Waals surface area contributed by atoms with Crippen molar-refractivity contribution in [1.82, 2.24) is 34.7 Å². The number of nitrogens with zero attached hydrogens (tertiary/aromatic N) is 7. The van der Waals surface area contributed by atoms with Crippen molar-refractivity contribution in [3.63, 3.8) is 0 Å². The van der Waals surface area contributed by atoms with Crippen LogP contribution in [0.25, 0.3) is 17.1 Å². The molecule has 0 saturated carbocycles. The van der Waals surface area contributed by atoms with E-state index in [1.807, 2.05) is 15.6 Å². The maximum atomic E-state index is 14.4. The average Bonchev–Trinajstić information content (AvgIpc) is 3.32. The van der Waals surface area contributed by atoms with E-state index in [2.05, 4.69) is 27.2 Å². The molecule has 0 aliphatic carbocycles. The predicted molar refractivity (Wildman–Crippen MR) is 115 cm³/mol. The zero-order valence-electron chi connectivity index (χ0n) is 18.5. The lowest BCUT2D eigenvalue weighted by molar-refractivity contribution is 0.145. The summed E-state index contributed by atoms with van der Waals surface area (Å²) in [7, 11) is 3.57. The van der Waals surface area contributed by atoms with Crippen molar-refractivity contribution in [2.45, 2.75) is 32.2 Å². The van der Waals surface area contributed by atoms with Crippen molar-refractivity contribution < 1.29 is 13.9 Å². The standard InChI is InChI=1S/C22H28FN7O2/c1-28-7-3-15(4-8-28)13-29-14-20(25-27-29)30-19-6-10-32-9-5-17(19)21(26-30)16-11-18(23)22(31-2)24-12-16/h11-12,14-15H,3-10,13H2,1-2H3. The van der Waals surface area contributed by atoms with Crippen LogP contribution in [-0.2, 0) is 24.1 Å². The lowest BCUT2D eigenvalue weighted by atomic mass is 9.97. The number of fused-ring (bicyclic) bond motifs is 1. The largest absolute Gasteiger partial charge is 0.479 e. The molecule has 10 heteroatoms. The van der Waals surface area contributed by atoms with E-state index >= 15 is 0 Å². The van der Waals surface area contributed by atoms with E-state index in [4.69, 9.17) is 14.6 Å². The molecule has 1 saturated heterocycles. The molecule has 3 aromatic rings. The van der Waals surface area contributed by atoms with Crippen LogP contribution in [-0.4, -0.2) is 75.1 Å². The summed E-state index contributed by atoms with van der Waals surface area (Å²) in [6.45, 7) is 4.30. The van der Waals surface area contributed by atoms with E-state index in [9.17, 15) is 4.39 Å². The van der Waals surface area contributed by atoms with Gasteiger partial charge in [-0.2, -0.15) is 5.10 Å². The van der Waals surface area contributed by atoms with Crippen LogP contribution in [0.1, 0.15) is 24.1 Å². The normalized spacial score (nSPS) is 17.8. The van der Waals surface area contributed by atoms with E-state index < -0.39 is 5.82 Å². The Hall–Kier alpha value is -2.85. The van der Waals surface area contributed by atoms with Gasteiger partial charge in [0.2, 0.25) is 5.88 Å². The molecular weight excluding hydrogens is 413 g/mol. The summed E-state index contributed by atoms with van der Waals surface area (Å²) < 4.78 is 28.8. The average molecular weight is 442 g/mol. The molecule has 5 heterocycles. The van der Waals surface area contributed by atoms with Crippen LogP contribution in [0.3, 0.4) is 0 Å². The van der Waals surface area contributed by atoms with E-state index in [1.54, 1.807) is 6.20 Å². The number of ether oxygens (including phenoxy) is 2. The van der Waals surface area contributed by atoms with E-state index in [1.165, 1.54) is 26.0 Å². The molecule has 0 spiro atoms. The van der Waals surface area contributed by atoms with Crippen LogP contribution in [0, 0.1) is 11.7 Å². The van der Waals surface area contributed by atoms with E-state index in [0.29, 0.717) is 49.0 Å². The van der Waals surface area contributed by atoms with Gasteiger partial charge in [-0.25, -0.2) is 18.7 Å². The highest BCUT2D eigenvalue weighted by atomic mass is 19.1. The molecule has 3 aromatic heterocycles. The van der Waals surface area contributed by atoms with Gasteiger partial charge in [0.05, 0.1) is 37.9 Å². The fourth-order valence-electron chi connectivity index (χ4n) is 4.56. The third-order valence-electron chi connectivity index (χ3n) is 6.37. The van der Waals surface area contributed by atoms with Crippen molar-refractivity contribution in [3.8, 4) is 23.0 Å². The first kappa shape index (κ1) is 21.0. The highest BCUT2D eigenvalue weighted by molar-refractivity contribution is 5.64. The van der Waals surface area contributed by atoms with E-state index in [0.717, 1.165) is 30.9 Å². The number of halogens is 1. The molecule has 32 heavy (non-hydrogen) atoms. The lowest BCUT2D eigenvalue weighted by Crippen LogP contribution is -2.32. The van der Waals surface area contributed by atoms with Crippen LogP contribution >= 0.6 is 0 Å². The minimum absolute atomic E-state index is 0.0283. The van der Waals surface area contributed by atoms with Gasteiger partial charge in [-0.15, -0.1) is 5.10 Å². The summed E-state index contributed by atoms with van der Waals surface area (Å²) in [5.74, 6) is 0.735. The van der Waals surface area contributed by atoms with Crippen LogP contribution in [0.4, 0.5) is 4.39 Å². The Labute approximate surface area is 186 Å². The Balaban J connectivity index is 1.47. The first-order valence-electron chi connectivity index (χ1n) is 11.1. The second-order valence-corrected chi connectivity index (χ2v) is 8.56. The predicted octanol–water partition coefficient (Wildman–Crippen LogP) is 2.13. The molecular formula is C22H28FN7O2. The van der Waals surface area contributed by atoms with Crippen LogP contribution in [0.15, 0.2) is 18.5 Å². The lowest BCUT2D eigenvalue weighted by Gasteiger charge is -2.28. The van der Waals surface area contributed by atoms with Gasteiger partial charge < -0.3 is 14.4 Å². The molecule has 0 aromatic carbocycles. The molecule has 2 aliphatic rings. The number of aromatic nitrogens is 6. The topological polar surface area (TPSA) is 83.1 Å². The van der Waals surface area contributed by atoms with Crippen molar-refractivity contribution in [1.29, 1.82) is 0 Å².